The van der Waals surface area contributed by atoms with Crippen LogP contribution in [-0.4, -0.2) is 28.8 Å². The fourth-order valence-electron chi connectivity index (χ4n) is 2.38. The van der Waals surface area contributed by atoms with E-state index >= 15 is 0 Å². The van der Waals surface area contributed by atoms with Crippen LogP contribution in [0.1, 0.15) is 31.9 Å². The van der Waals surface area contributed by atoms with Crippen molar-refractivity contribution < 1.29 is 9.53 Å². The van der Waals surface area contributed by atoms with E-state index in [1.165, 1.54) is 0 Å². The molecule has 0 bridgehead atoms. The number of carbonyl (C=O) groups excluding carboxylic acids is 1. The van der Waals surface area contributed by atoms with Crippen molar-refractivity contribution in [2.24, 2.45) is 5.92 Å². The summed E-state index contributed by atoms with van der Waals surface area (Å²) < 4.78 is 4.35. The average molecular weight is 316 g/mol. The molecule has 0 radical (unpaired) electrons. The summed E-state index contributed by atoms with van der Waals surface area (Å²) in [5.74, 6) is 0.528. The van der Waals surface area contributed by atoms with Crippen LogP contribution < -0.4 is 4.74 Å². The Balaban J connectivity index is 2.16. The van der Waals surface area contributed by atoms with Gasteiger partial charge in [-0.25, -0.2) is 0 Å². The average Bonchev–Trinajstić information content (AvgIpc) is 3.08. The second-order valence-corrected chi connectivity index (χ2v) is 6.64. The fraction of sp³-hybridized carbons (Fsp3) is 0.533. The molecular weight excluding hydrogens is 297 g/mol. The van der Waals surface area contributed by atoms with Crippen LogP contribution in [0.5, 0.6) is 5.75 Å². The first kappa shape index (κ1) is 15.5. The minimum Gasteiger partial charge on any atom is -0.497 e. The molecule has 3 nitrogen and oxygen atoms in total. The lowest BCUT2D eigenvalue weighted by Crippen LogP contribution is -2.35. The van der Waals surface area contributed by atoms with Crippen LogP contribution in [0.4, 0.5) is 0 Å². The van der Waals surface area contributed by atoms with Gasteiger partial charge in [0.15, 0.2) is 0 Å². The van der Waals surface area contributed by atoms with E-state index in [-0.39, 0.29) is 17.9 Å². The van der Waals surface area contributed by atoms with Crippen molar-refractivity contribution in [3.05, 3.63) is 29.8 Å². The summed E-state index contributed by atoms with van der Waals surface area (Å²) in [5.41, 5.74) is 1.04. The summed E-state index contributed by atoms with van der Waals surface area (Å²) in [7, 11) is 1.63. The van der Waals surface area contributed by atoms with Gasteiger partial charge in [-0.15, -0.1) is 23.2 Å². The van der Waals surface area contributed by atoms with Crippen LogP contribution in [-0.2, 0) is 4.79 Å². The van der Waals surface area contributed by atoms with Crippen molar-refractivity contribution in [3.8, 4) is 5.75 Å². The van der Waals surface area contributed by atoms with Gasteiger partial charge in [0.05, 0.1) is 19.1 Å². The molecule has 0 saturated heterocycles. The molecule has 1 aromatic rings. The second kappa shape index (κ2) is 5.82. The Morgan fingerprint density at radius 3 is 2.70 bits per heavy atom. The predicted octanol–water partition coefficient (Wildman–Crippen LogP) is 3.80. The highest BCUT2D eigenvalue weighted by Gasteiger charge is 2.57. The molecule has 0 aliphatic heterocycles. The van der Waals surface area contributed by atoms with Crippen LogP contribution >= 0.6 is 23.2 Å². The number of alkyl halides is 2. The Hall–Kier alpha value is -0.930. The quantitative estimate of drug-likeness (QED) is 0.773. The lowest BCUT2D eigenvalue weighted by molar-refractivity contribution is -0.134. The molecule has 20 heavy (non-hydrogen) atoms. The third-order valence-electron chi connectivity index (χ3n) is 3.79. The van der Waals surface area contributed by atoms with Gasteiger partial charge in [-0.2, -0.15) is 0 Å². The maximum absolute atomic E-state index is 12.4. The number of methoxy groups -OCH3 is 1. The minimum absolute atomic E-state index is 0.0211. The molecule has 1 amide bonds. The van der Waals surface area contributed by atoms with E-state index in [1.807, 2.05) is 43.0 Å². The molecule has 2 unspecified atom stereocenters. The molecule has 2 atom stereocenters. The number of hydrogen-bond donors (Lipinski definition) is 0. The van der Waals surface area contributed by atoms with Gasteiger partial charge in [0.25, 0.3) is 0 Å². The number of rotatable bonds is 5. The second-order valence-electron chi connectivity index (χ2n) is 5.09. The summed E-state index contributed by atoms with van der Waals surface area (Å²) in [5, 5.41) is 0. The van der Waals surface area contributed by atoms with Gasteiger partial charge in [0.1, 0.15) is 10.1 Å². The van der Waals surface area contributed by atoms with E-state index in [9.17, 15) is 4.79 Å². The summed E-state index contributed by atoms with van der Waals surface area (Å²) in [6.07, 6.45) is 0.538. The van der Waals surface area contributed by atoms with Crippen molar-refractivity contribution in [2.45, 2.75) is 30.6 Å². The molecule has 1 aromatic carbocycles. The Labute approximate surface area is 129 Å². The number of benzene rings is 1. The van der Waals surface area contributed by atoms with Crippen LogP contribution in [0.25, 0.3) is 0 Å². The van der Waals surface area contributed by atoms with Gasteiger partial charge in [-0.1, -0.05) is 12.1 Å². The molecule has 2 rings (SSSR count). The number of amides is 1. The number of ether oxygens (including phenoxy) is 1. The van der Waals surface area contributed by atoms with E-state index in [1.54, 1.807) is 7.11 Å². The van der Waals surface area contributed by atoms with Gasteiger partial charge in [-0.3, -0.25) is 4.79 Å². The maximum Gasteiger partial charge on any atom is 0.229 e. The van der Waals surface area contributed by atoms with Crippen molar-refractivity contribution in [2.75, 3.05) is 13.7 Å². The zero-order valence-electron chi connectivity index (χ0n) is 11.9. The molecule has 1 saturated carbocycles. The van der Waals surface area contributed by atoms with E-state index in [0.717, 1.165) is 11.3 Å². The molecule has 0 N–H and O–H groups in total. The highest BCUT2D eigenvalue weighted by molar-refractivity contribution is 6.52. The summed E-state index contributed by atoms with van der Waals surface area (Å²) >= 11 is 12.0. The summed E-state index contributed by atoms with van der Waals surface area (Å²) in [4.78, 5) is 14.3. The van der Waals surface area contributed by atoms with Gasteiger partial charge in [0.2, 0.25) is 5.91 Å². The zero-order valence-corrected chi connectivity index (χ0v) is 13.4. The first-order chi connectivity index (χ1) is 9.40. The van der Waals surface area contributed by atoms with E-state index < -0.39 is 4.33 Å². The van der Waals surface area contributed by atoms with E-state index in [4.69, 9.17) is 27.9 Å². The first-order valence-corrected chi connectivity index (χ1v) is 7.48. The van der Waals surface area contributed by atoms with Crippen molar-refractivity contribution in [1.29, 1.82) is 0 Å². The van der Waals surface area contributed by atoms with Crippen LogP contribution in [0.15, 0.2) is 24.3 Å². The standard InChI is InChI=1S/C15H19Cl2NO2/c1-4-18(14(19)13-9-15(13,16)17)10(2)11-6-5-7-12(8-11)20-3/h5-8,10,13H,4,9H2,1-3H3. The van der Waals surface area contributed by atoms with Crippen LogP contribution in [0.3, 0.4) is 0 Å². The molecule has 0 heterocycles. The molecule has 0 spiro atoms. The highest BCUT2D eigenvalue weighted by atomic mass is 35.5. The Bertz CT molecular complexity index is 504. The van der Waals surface area contributed by atoms with E-state index in [2.05, 4.69) is 0 Å². The predicted molar refractivity (Wildman–Crippen MR) is 81.3 cm³/mol. The lowest BCUT2D eigenvalue weighted by atomic mass is 10.1. The number of carbonyl (C=O) groups is 1. The molecule has 1 aliphatic carbocycles. The molecule has 110 valence electrons. The molecular formula is C15H19Cl2NO2. The Morgan fingerprint density at radius 1 is 1.55 bits per heavy atom. The number of nitrogens with zero attached hydrogens (tertiary/aromatic N) is 1. The van der Waals surface area contributed by atoms with Gasteiger partial charge < -0.3 is 9.64 Å². The van der Waals surface area contributed by atoms with Gasteiger partial charge in [0, 0.05) is 6.54 Å². The van der Waals surface area contributed by atoms with Gasteiger partial charge >= 0.3 is 0 Å². The Kier molecular flexibility index (Phi) is 4.50. The largest absolute Gasteiger partial charge is 0.497 e. The number of halogens is 2. The maximum atomic E-state index is 12.4. The summed E-state index contributed by atoms with van der Waals surface area (Å²) in [6, 6.07) is 7.71. The van der Waals surface area contributed by atoms with Crippen LogP contribution in [0, 0.1) is 5.92 Å². The smallest absolute Gasteiger partial charge is 0.229 e. The molecule has 5 heteroatoms. The topological polar surface area (TPSA) is 29.5 Å². The fourth-order valence-corrected chi connectivity index (χ4v) is 2.88. The summed E-state index contributed by atoms with van der Waals surface area (Å²) in [6.45, 7) is 4.58. The number of hydrogen-bond acceptors (Lipinski definition) is 2. The van der Waals surface area contributed by atoms with Crippen molar-refractivity contribution in [1.82, 2.24) is 4.90 Å². The molecule has 0 aromatic heterocycles. The third-order valence-corrected chi connectivity index (χ3v) is 4.63. The third kappa shape index (κ3) is 3.04. The minimum atomic E-state index is -0.876. The Morgan fingerprint density at radius 2 is 2.20 bits per heavy atom. The SMILES string of the molecule is CCN(C(=O)C1CC1(Cl)Cl)C(C)c1cccc(OC)c1. The highest BCUT2D eigenvalue weighted by Crippen LogP contribution is 2.54. The first-order valence-electron chi connectivity index (χ1n) is 6.73. The molecule has 1 fully saturated rings. The monoisotopic (exact) mass is 315 g/mol. The lowest BCUT2D eigenvalue weighted by Gasteiger charge is -2.29. The van der Waals surface area contributed by atoms with Crippen LogP contribution in [0.2, 0.25) is 0 Å². The zero-order chi connectivity index (χ0) is 14.9. The normalized spacial score (nSPS) is 21.1. The van der Waals surface area contributed by atoms with Gasteiger partial charge in [-0.05, 0) is 38.0 Å². The van der Waals surface area contributed by atoms with E-state index in [0.29, 0.717) is 13.0 Å². The van der Waals surface area contributed by atoms with Crippen molar-refractivity contribution >= 4 is 29.1 Å². The van der Waals surface area contributed by atoms with Crippen molar-refractivity contribution in [3.63, 3.8) is 0 Å². The molecule has 1 aliphatic rings.